The molecule has 0 aliphatic carbocycles. The summed E-state index contributed by atoms with van der Waals surface area (Å²) in [6, 6.07) is 9.35. The van der Waals surface area contributed by atoms with Crippen LogP contribution in [0.5, 0.6) is 0 Å². The molecule has 3 rings (SSSR count). The maximum atomic E-state index is 14.4. The van der Waals surface area contributed by atoms with E-state index in [0.29, 0.717) is 10.1 Å². The Hall–Kier alpha value is -2.69. The van der Waals surface area contributed by atoms with Gasteiger partial charge in [0.05, 0.1) is 5.92 Å². The number of halogens is 2. The Morgan fingerprint density at radius 3 is 2.52 bits per heavy atom. The molecule has 144 valence electrons. The molecule has 0 radical (unpaired) electrons. The van der Waals surface area contributed by atoms with E-state index in [1.165, 1.54) is 6.07 Å². The Morgan fingerprint density at radius 2 is 1.96 bits per heavy atom. The molecule has 0 bridgehead atoms. The van der Waals surface area contributed by atoms with Gasteiger partial charge in [-0.25, -0.2) is 13.6 Å². The smallest absolute Gasteiger partial charge is 0.351 e. The van der Waals surface area contributed by atoms with Crippen molar-refractivity contribution in [2.24, 2.45) is 5.92 Å². The summed E-state index contributed by atoms with van der Waals surface area (Å²) >= 11 is 0. The number of alkyl halides is 2. The second-order valence-corrected chi connectivity index (χ2v) is 6.15. The van der Waals surface area contributed by atoms with Crippen LogP contribution in [0.1, 0.15) is 23.5 Å². The van der Waals surface area contributed by atoms with E-state index in [1.807, 2.05) is 0 Å². The summed E-state index contributed by atoms with van der Waals surface area (Å²) in [6.45, 7) is 1.09. The Kier molecular flexibility index (Phi) is 5.05. The first kappa shape index (κ1) is 19.1. The number of ether oxygens (including phenoxy) is 1. The summed E-state index contributed by atoms with van der Waals surface area (Å²) in [5, 5.41) is 20.8. The van der Waals surface area contributed by atoms with Crippen molar-refractivity contribution in [3.8, 4) is 0 Å². The van der Waals surface area contributed by atoms with Crippen molar-refractivity contribution in [1.82, 2.24) is 9.55 Å². The summed E-state index contributed by atoms with van der Waals surface area (Å²) in [5.41, 5.74) is -0.742. The molecule has 1 aromatic carbocycles. The Balaban J connectivity index is 1.83. The molecule has 1 aliphatic heterocycles. The van der Waals surface area contributed by atoms with Crippen LogP contribution >= 0.6 is 0 Å². The van der Waals surface area contributed by atoms with Gasteiger partial charge in [-0.05, 0) is 18.2 Å². The summed E-state index contributed by atoms with van der Waals surface area (Å²) < 4.78 is 34.4. The zero-order valence-electron chi connectivity index (χ0n) is 14.1. The molecule has 1 aliphatic rings. The minimum absolute atomic E-state index is 0.113. The minimum atomic E-state index is -3.53. The van der Waals surface area contributed by atoms with Crippen LogP contribution in [-0.4, -0.2) is 44.0 Å². The lowest BCUT2D eigenvalue weighted by Crippen LogP contribution is -2.38. The highest BCUT2D eigenvalue weighted by molar-refractivity contribution is 6.03. The average Bonchev–Trinajstić information content (AvgIpc) is 2.86. The van der Waals surface area contributed by atoms with Gasteiger partial charge in [0.1, 0.15) is 11.9 Å². The number of aromatic nitrogens is 2. The van der Waals surface area contributed by atoms with E-state index < -0.39 is 42.1 Å². The van der Waals surface area contributed by atoms with E-state index in [2.05, 4.69) is 10.3 Å². The normalized spacial score (nSPS) is 24.1. The number of hydrogen-bond donors (Lipinski definition) is 3. The fraction of sp³-hybridized carbons (Fsp3) is 0.353. The summed E-state index contributed by atoms with van der Waals surface area (Å²) in [4.78, 5) is 27.8. The van der Waals surface area contributed by atoms with Crippen LogP contribution in [0.2, 0.25) is 0 Å². The van der Waals surface area contributed by atoms with E-state index in [0.717, 1.165) is 13.1 Å². The molecule has 0 saturated carbocycles. The first-order valence-corrected chi connectivity index (χ1v) is 8.07. The maximum Gasteiger partial charge on any atom is 0.351 e. The van der Waals surface area contributed by atoms with Gasteiger partial charge in [0.2, 0.25) is 6.23 Å². The van der Waals surface area contributed by atoms with Gasteiger partial charge in [-0.3, -0.25) is 9.36 Å². The number of nitrogens with one attached hydrogen (secondary N) is 1. The SMILES string of the molecule is C[C@@H]1[C@@H](C(O)O)O[C@@H](n2ccc(NC(=O)c3ccccc3)nc2=O)C1(F)F. The number of carbonyl (C=O) groups excluding carboxylic acids is 1. The number of benzene rings is 1. The molecule has 8 nitrogen and oxygen atoms in total. The fourth-order valence-electron chi connectivity index (χ4n) is 2.82. The van der Waals surface area contributed by atoms with Crippen molar-refractivity contribution >= 4 is 11.7 Å². The summed E-state index contributed by atoms with van der Waals surface area (Å²) in [5.74, 6) is -5.70. The maximum absolute atomic E-state index is 14.4. The third-order valence-corrected chi connectivity index (χ3v) is 4.37. The van der Waals surface area contributed by atoms with Crippen LogP contribution in [0.4, 0.5) is 14.6 Å². The van der Waals surface area contributed by atoms with Crippen molar-refractivity contribution in [3.63, 3.8) is 0 Å². The molecule has 2 aromatic rings. The molecule has 3 atom stereocenters. The highest BCUT2D eigenvalue weighted by atomic mass is 19.3. The number of anilines is 1. The largest absolute Gasteiger partial charge is 0.366 e. The quantitative estimate of drug-likeness (QED) is 0.681. The lowest BCUT2D eigenvalue weighted by atomic mass is 9.99. The molecule has 2 heterocycles. The van der Waals surface area contributed by atoms with Crippen molar-refractivity contribution in [2.75, 3.05) is 5.32 Å². The monoisotopic (exact) mass is 381 g/mol. The highest BCUT2D eigenvalue weighted by Crippen LogP contribution is 2.46. The zero-order chi connectivity index (χ0) is 19.8. The lowest BCUT2D eigenvalue weighted by Gasteiger charge is -2.21. The molecule has 1 saturated heterocycles. The van der Waals surface area contributed by atoms with E-state index in [1.54, 1.807) is 30.3 Å². The van der Waals surface area contributed by atoms with Crippen LogP contribution in [0.3, 0.4) is 0 Å². The van der Waals surface area contributed by atoms with E-state index in [9.17, 15) is 28.6 Å². The number of hydrogen-bond acceptors (Lipinski definition) is 6. The number of rotatable bonds is 4. The molecule has 10 heteroatoms. The zero-order valence-corrected chi connectivity index (χ0v) is 14.1. The summed E-state index contributed by atoms with van der Waals surface area (Å²) in [6.07, 6.45) is -4.72. The van der Waals surface area contributed by atoms with Gasteiger partial charge < -0.3 is 20.3 Å². The Bertz CT molecular complexity index is 888. The van der Waals surface area contributed by atoms with Gasteiger partial charge in [0.25, 0.3) is 11.8 Å². The van der Waals surface area contributed by atoms with Gasteiger partial charge in [0, 0.05) is 11.8 Å². The molecule has 0 spiro atoms. The van der Waals surface area contributed by atoms with Crippen LogP contribution in [0.25, 0.3) is 0 Å². The highest BCUT2D eigenvalue weighted by Gasteiger charge is 2.59. The van der Waals surface area contributed by atoms with Crippen LogP contribution < -0.4 is 11.0 Å². The van der Waals surface area contributed by atoms with Crippen LogP contribution in [-0.2, 0) is 4.74 Å². The first-order chi connectivity index (χ1) is 12.7. The number of aliphatic hydroxyl groups excluding tert-OH is 1. The molecule has 0 unspecified atom stereocenters. The molecular formula is C17H17F2N3O5. The van der Waals surface area contributed by atoms with Gasteiger partial charge in [-0.15, -0.1) is 0 Å². The van der Waals surface area contributed by atoms with E-state index in [-0.39, 0.29) is 5.82 Å². The van der Waals surface area contributed by atoms with Gasteiger partial charge in [-0.2, -0.15) is 4.98 Å². The van der Waals surface area contributed by atoms with Crippen LogP contribution in [0.15, 0.2) is 47.4 Å². The summed E-state index contributed by atoms with van der Waals surface area (Å²) in [7, 11) is 0. The number of amides is 1. The van der Waals surface area contributed by atoms with Gasteiger partial charge in [-0.1, -0.05) is 25.1 Å². The van der Waals surface area contributed by atoms with Crippen molar-refractivity contribution < 1.29 is 28.5 Å². The fourth-order valence-corrected chi connectivity index (χ4v) is 2.82. The predicted molar refractivity (Wildman–Crippen MR) is 89.1 cm³/mol. The Morgan fingerprint density at radius 1 is 1.30 bits per heavy atom. The van der Waals surface area contributed by atoms with Gasteiger partial charge >= 0.3 is 5.69 Å². The lowest BCUT2D eigenvalue weighted by molar-refractivity contribution is -0.166. The van der Waals surface area contributed by atoms with E-state index >= 15 is 0 Å². The average molecular weight is 381 g/mol. The first-order valence-electron chi connectivity index (χ1n) is 8.07. The van der Waals surface area contributed by atoms with Crippen LogP contribution in [0, 0.1) is 5.92 Å². The third kappa shape index (κ3) is 3.59. The van der Waals surface area contributed by atoms with Crippen molar-refractivity contribution in [1.29, 1.82) is 0 Å². The van der Waals surface area contributed by atoms with Crippen molar-refractivity contribution in [3.05, 3.63) is 58.6 Å². The standard InChI is InChI=1S/C17H17F2N3O5/c1-9-12(14(24)25)27-15(17(9,18)19)22-8-7-11(21-16(22)26)20-13(23)10-5-3-2-4-6-10/h2-9,12,14-15,24-25H,1H3,(H,20,21,23,26)/t9-,12+,15-/m1/s1. The molecule has 1 aromatic heterocycles. The topological polar surface area (TPSA) is 114 Å². The molecule has 3 N–H and O–H groups in total. The second-order valence-electron chi connectivity index (χ2n) is 6.15. The predicted octanol–water partition coefficient (Wildman–Crippen LogP) is 0.975. The molecule has 1 amide bonds. The Labute approximate surface area is 152 Å². The van der Waals surface area contributed by atoms with Gasteiger partial charge in [0.15, 0.2) is 6.29 Å². The number of carbonyl (C=O) groups is 1. The minimum Gasteiger partial charge on any atom is -0.366 e. The molecular weight excluding hydrogens is 364 g/mol. The molecule has 1 fully saturated rings. The van der Waals surface area contributed by atoms with E-state index in [4.69, 9.17) is 4.74 Å². The molecule has 27 heavy (non-hydrogen) atoms. The second kappa shape index (κ2) is 7.14. The number of aliphatic hydroxyl groups is 2. The third-order valence-electron chi connectivity index (χ3n) is 4.37. The van der Waals surface area contributed by atoms with Crippen molar-refractivity contribution in [2.45, 2.75) is 31.5 Å². The number of nitrogens with zero attached hydrogens (tertiary/aromatic N) is 2.